The third-order valence-corrected chi connectivity index (χ3v) is 4.85. The summed E-state index contributed by atoms with van der Waals surface area (Å²) in [6.07, 6.45) is 0. The Hall–Kier alpha value is -0.885. The molecule has 1 heterocycles. The van der Waals surface area contributed by atoms with Gasteiger partial charge in [-0.2, -0.15) is 0 Å². The zero-order chi connectivity index (χ0) is 17.9. The molecule has 2 unspecified atom stereocenters. The van der Waals surface area contributed by atoms with Gasteiger partial charge in [-0.25, -0.2) is 0 Å². The van der Waals surface area contributed by atoms with Crippen molar-refractivity contribution in [1.82, 2.24) is 0 Å². The summed E-state index contributed by atoms with van der Waals surface area (Å²) in [6.45, 7) is 11.8. The Kier molecular flexibility index (Phi) is 6.48. The first-order valence-corrected chi connectivity index (χ1v) is 9.45. The molecule has 0 aliphatic carbocycles. The fraction of sp³-hybridized carbons (Fsp3) is 0.647. The largest absolute Gasteiger partial charge is 0.772 e. The molecule has 0 amide bonds. The number of rotatable bonds is 6. The lowest BCUT2D eigenvalue weighted by Crippen LogP contribution is -2.49. The molecule has 0 bridgehead atoms. The van der Waals surface area contributed by atoms with Crippen LogP contribution in [0.2, 0.25) is 0 Å². The van der Waals surface area contributed by atoms with Crippen LogP contribution in [0.1, 0.15) is 31.9 Å². The summed E-state index contributed by atoms with van der Waals surface area (Å²) < 4.78 is 39.0. The summed E-state index contributed by atoms with van der Waals surface area (Å²) in [5.74, 6) is 0.805. The minimum atomic E-state index is -2.04. The molecular weight excluding hydrogens is 327 g/mol. The zero-order valence-electron chi connectivity index (χ0n) is 15.1. The van der Waals surface area contributed by atoms with Gasteiger partial charge in [0.05, 0.1) is 6.61 Å². The van der Waals surface area contributed by atoms with Gasteiger partial charge in [0.25, 0.3) is 0 Å². The Morgan fingerprint density at radius 1 is 1.29 bits per heavy atom. The van der Waals surface area contributed by atoms with Gasteiger partial charge in [-0.1, -0.05) is 31.9 Å². The van der Waals surface area contributed by atoms with Gasteiger partial charge in [-0.3, -0.25) is 4.21 Å². The highest BCUT2D eigenvalue weighted by molar-refractivity contribution is 7.79. The lowest BCUT2D eigenvalue weighted by molar-refractivity contribution is 0.0342. The number of benzene rings is 1. The van der Waals surface area contributed by atoms with Crippen LogP contribution in [0.4, 0.5) is 0 Å². The van der Waals surface area contributed by atoms with Crippen molar-refractivity contribution < 1.29 is 22.8 Å². The normalized spacial score (nSPS) is 19.8. The van der Waals surface area contributed by atoms with Crippen LogP contribution in [0.15, 0.2) is 12.1 Å². The van der Waals surface area contributed by atoms with E-state index in [1.165, 1.54) is 0 Å². The van der Waals surface area contributed by atoms with Crippen LogP contribution in [0.25, 0.3) is 0 Å². The Labute approximate surface area is 147 Å². The number of hydrogen-bond acceptors (Lipinski definition) is 5. The van der Waals surface area contributed by atoms with Crippen molar-refractivity contribution in [1.29, 1.82) is 0 Å². The summed E-state index contributed by atoms with van der Waals surface area (Å²) in [5.41, 5.74) is 3.19. The number of aryl methyl sites for hydroxylation is 2. The van der Waals surface area contributed by atoms with Gasteiger partial charge in [0.1, 0.15) is 5.75 Å². The fourth-order valence-electron chi connectivity index (χ4n) is 2.77. The maximum Gasteiger partial charge on any atom is 0.494 e. The van der Waals surface area contributed by atoms with Crippen molar-refractivity contribution in [2.75, 3.05) is 25.6 Å². The van der Waals surface area contributed by atoms with E-state index in [0.717, 1.165) is 22.3 Å². The van der Waals surface area contributed by atoms with Crippen LogP contribution in [0.3, 0.4) is 0 Å². The Morgan fingerprint density at radius 2 is 1.83 bits per heavy atom. The Morgan fingerprint density at radius 3 is 2.33 bits per heavy atom. The first-order valence-electron chi connectivity index (χ1n) is 8.21. The van der Waals surface area contributed by atoms with E-state index in [4.69, 9.17) is 14.0 Å². The second-order valence-corrected chi connectivity index (χ2v) is 8.42. The average molecular weight is 353 g/mol. The molecule has 5 nitrogen and oxygen atoms in total. The summed E-state index contributed by atoms with van der Waals surface area (Å²) in [4.78, 5) is 0. The van der Waals surface area contributed by atoms with Crippen LogP contribution in [0.5, 0.6) is 5.75 Å². The van der Waals surface area contributed by atoms with E-state index in [0.29, 0.717) is 19.8 Å². The van der Waals surface area contributed by atoms with Crippen molar-refractivity contribution in [3.05, 3.63) is 23.3 Å². The third-order valence-electron chi connectivity index (χ3n) is 4.01. The van der Waals surface area contributed by atoms with Gasteiger partial charge in [-0.05, 0) is 42.6 Å². The van der Waals surface area contributed by atoms with Gasteiger partial charge in [-0.15, -0.1) is 0 Å². The summed E-state index contributed by atoms with van der Waals surface area (Å²) >= 11 is -2.04. The highest BCUT2D eigenvalue weighted by Gasteiger charge is 2.35. The van der Waals surface area contributed by atoms with Crippen LogP contribution in [0, 0.1) is 25.2 Å². The fourth-order valence-corrected chi connectivity index (χ4v) is 3.33. The van der Waals surface area contributed by atoms with Crippen molar-refractivity contribution in [3.63, 3.8) is 0 Å². The number of hydrogen-bond donors (Lipinski definition) is 0. The molecule has 24 heavy (non-hydrogen) atoms. The second kappa shape index (κ2) is 8.00. The molecule has 1 aromatic rings. The molecule has 2 rings (SSSR count). The minimum Gasteiger partial charge on any atom is -0.772 e. The van der Waals surface area contributed by atoms with Gasteiger partial charge < -0.3 is 18.6 Å². The molecule has 2 atom stereocenters. The third kappa shape index (κ3) is 5.31. The summed E-state index contributed by atoms with van der Waals surface area (Å²) in [7, 11) is -0.339. The average Bonchev–Trinajstić information content (AvgIpc) is 2.45. The molecule has 1 aliphatic heterocycles. The molecule has 0 N–H and O–H groups in total. The molecule has 1 fully saturated rings. The monoisotopic (exact) mass is 353 g/mol. The molecular formula is C17H26BO5S-. The van der Waals surface area contributed by atoms with Gasteiger partial charge in [0.15, 0.2) is 0 Å². The standard InChI is InChI=1S/C17H27BO5S/c1-12(9-24(19)20)8-21-15-6-13(2)16(14(3)7-15)18-22-10-17(4,5)11-23-18/h6-7,12H,8-11H2,1-5H3,(H,19,20)/p-1. The van der Waals surface area contributed by atoms with E-state index in [-0.39, 0.29) is 24.2 Å². The van der Waals surface area contributed by atoms with Crippen LogP contribution in [-0.4, -0.2) is 41.5 Å². The molecule has 1 aromatic carbocycles. The first kappa shape index (κ1) is 19.4. The van der Waals surface area contributed by atoms with E-state index in [1.54, 1.807) is 0 Å². The summed E-state index contributed by atoms with van der Waals surface area (Å²) in [5, 5.41) is 0. The highest BCUT2D eigenvalue weighted by atomic mass is 32.2. The Bertz CT molecular complexity index is 572. The SMILES string of the molecule is Cc1cc(OCC(C)CS(=O)[O-])cc(C)c1B1OCC(C)(C)CO1. The van der Waals surface area contributed by atoms with Crippen molar-refractivity contribution in [2.24, 2.45) is 11.3 Å². The zero-order valence-corrected chi connectivity index (χ0v) is 15.9. The van der Waals surface area contributed by atoms with Crippen LogP contribution in [-0.2, 0) is 20.4 Å². The lowest BCUT2D eigenvalue weighted by Gasteiger charge is -2.34. The van der Waals surface area contributed by atoms with E-state index < -0.39 is 11.1 Å². The first-order chi connectivity index (χ1) is 11.2. The van der Waals surface area contributed by atoms with E-state index in [1.807, 2.05) is 32.9 Å². The predicted molar refractivity (Wildman–Crippen MR) is 95.4 cm³/mol. The molecule has 7 heteroatoms. The number of ether oxygens (including phenoxy) is 1. The van der Waals surface area contributed by atoms with Crippen LogP contribution < -0.4 is 10.2 Å². The minimum absolute atomic E-state index is 0.0408. The van der Waals surface area contributed by atoms with Crippen molar-refractivity contribution in [2.45, 2.75) is 34.6 Å². The summed E-state index contributed by atoms with van der Waals surface area (Å²) in [6, 6.07) is 3.91. The Balaban J connectivity index is 2.04. The van der Waals surface area contributed by atoms with Crippen molar-refractivity contribution in [3.8, 4) is 5.75 Å². The van der Waals surface area contributed by atoms with E-state index in [9.17, 15) is 8.76 Å². The maximum absolute atomic E-state index is 10.7. The van der Waals surface area contributed by atoms with Crippen LogP contribution >= 0.6 is 0 Å². The van der Waals surface area contributed by atoms with Crippen molar-refractivity contribution >= 4 is 23.7 Å². The highest BCUT2D eigenvalue weighted by Crippen LogP contribution is 2.24. The topological polar surface area (TPSA) is 67.8 Å². The molecule has 0 radical (unpaired) electrons. The second-order valence-electron chi connectivity index (χ2n) is 7.48. The molecule has 1 saturated heterocycles. The smallest absolute Gasteiger partial charge is 0.494 e. The maximum atomic E-state index is 10.7. The van der Waals surface area contributed by atoms with E-state index in [2.05, 4.69) is 13.8 Å². The molecule has 0 aromatic heterocycles. The van der Waals surface area contributed by atoms with E-state index >= 15 is 0 Å². The van der Waals surface area contributed by atoms with Gasteiger partial charge >= 0.3 is 7.12 Å². The predicted octanol–water partition coefficient (Wildman–Crippen LogP) is 1.97. The van der Waals surface area contributed by atoms with Gasteiger partial charge in [0.2, 0.25) is 0 Å². The van der Waals surface area contributed by atoms with Gasteiger partial charge in [0, 0.05) is 30.3 Å². The molecule has 1 aliphatic rings. The molecule has 0 saturated carbocycles. The molecule has 0 spiro atoms. The lowest BCUT2D eigenvalue weighted by atomic mass is 9.71. The quantitative estimate of drug-likeness (QED) is 0.578. The molecule has 134 valence electrons.